The van der Waals surface area contributed by atoms with Crippen LogP contribution < -0.4 is 4.90 Å². The Morgan fingerprint density at radius 3 is 2.63 bits per heavy atom. The van der Waals surface area contributed by atoms with Gasteiger partial charge in [-0.15, -0.1) is 0 Å². The molecular formula is C12H10BrF4NO. The van der Waals surface area contributed by atoms with Gasteiger partial charge in [0.25, 0.3) is 0 Å². The van der Waals surface area contributed by atoms with Crippen LogP contribution in [0.25, 0.3) is 0 Å². The first-order valence-corrected chi connectivity index (χ1v) is 6.54. The van der Waals surface area contributed by atoms with Crippen molar-refractivity contribution < 1.29 is 22.4 Å². The van der Waals surface area contributed by atoms with E-state index in [4.69, 9.17) is 0 Å². The molecule has 1 amide bonds. The molecule has 2 nitrogen and oxygen atoms in total. The third-order valence-corrected chi connectivity index (χ3v) is 3.79. The SMILES string of the molecule is O=C1C(Br)CCCN1c1ccc(F)c(C(F)(F)F)c1. The number of carbonyl (C=O) groups is 1. The zero-order chi connectivity index (χ0) is 14.2. The van der Waals surface area contributed by atoms with Crippen molar-refractivity contribution in [2.24, 2.45) is 0 Å². The van der Waals surface area contributed by atoms with E-state index in [0.717, 1.165) is 6.07 Å². The average Bonchev–Trinajstić information content (AvgIpc) is 2.32. The van der Waals surface area contributed by atoms with Crippen molar-refractivity contribution in [3.8, 4) is 0 Å². The number of carbonyl (C=O) groups excluding carboxylic acids is 1. The lowest BCUT2D eigenvalue weighted by Crippen LogP contribution is -2.41. The Morgan fingerprint density at radius 1 is 1.32 bits per heavy atom. The Morgan fingerprint density at radius 2 is 2.00 bits per heavy atom. The molecule has 2 rings (SSSR count). The van der Waals surface area contributed by atoms with Gasteiger partial charge in [0.1, 0.15) is 5.82 Å². The highest BCUT2D eigenvalue weighted by atomic mass is 79.9. The molecule has 0 N–H and O–H groups in total. The maximum Gasteiger partial charge on any atom is 0.419 e. The first kappa shape index (κ1) is 14.3. The predicted octanol–water partition coefficient (Wildman–Crippen LogP) is 3.73. The highest BCUT2D eigenvalue weighted by Gasteiger charge is 2.36. The number of anilines is 1. The van der Waals surface area contributed by atoms with Crippen molar-refractivity contribution in [2.75, 3.05) is 11.4 Å². The molecule has 1 saturated heterocycles. The number of nitrogens with zero attached hydrogens (tertiary/aromatic N) is 1. The van der Waals surface area contributed by atoms with Crippen LogP contribution in [-0.2, 0) is 11.0 Å². The molecule has 0 bridgehead atoms. The standard InChI is InChI=1S/C12H10BrF4NO/c13-9-2-1-5-18(11(9)19)7-3-4-10(14)8(6-7)12(15,16)17/h3-4,6,9H,1-2,5H2. The molecule has 1 aromatic rings. The van der Waals surface area contributed by atoms with Crippen LogP contribution in [-0.4, -0.2) is 17.3 Å². The number of hydrogen-bond acceptors (Lipinski definition) is 1. The number of benzene rings is 1. The van der Waals surface area contributed by atoms with Crippen molar-refractivity contribution in [1.82, 2.24) is 0 Å². The number of hydrogen-bond donors (Lipinski definition) is 0. The fraction of sp³-hybridized carbons (Fsp3) is 0.417. The van der Waals surface area contributed by atoms with Gasteiger partial charge in [-0.2, -0.15) is 13.2 Å². The maximum atomic E-state index is 13.2. The molecule has 104 valence electrons. The van der Waals surface area contributed by atoms with E-state index < -0.39 is 22.4 Å². The van der Waals surface area contributed by atoms with Gasteiger partial charge in [0.2, 0.25) is 5.91 Å². The topological polar surface area (TPSA) is 20.3 Å². The molecule has 1 atom stereocenters. The average molecular weight is 340 g/mol. The molecule has 0 saturated carbocycles. The summed E-state index contributed by atoms with van der Waals surface area (Å²) in [5, 5.41) is 0. The van der Waals surface area contributed by atoms with Gasteiger partial charge in [-0.25, -0.2) is 4.39 Å². The second kappa shape index (κ2) is 5.11. The van der Waals surface area contributed by atoms with E-state index in [1.807, 2.05) is 0 Å². The number of piperidine rings is 1. The molecule has 0 aromatic heterocycles. The van der Waals surface area contributed by atoms with Crippen molar-refractivity contribution in [1.29, 1.82) is 0 Å². The second-order valence-electron chi connectivity index (χ2n) is 4.26. The van der Waals surface area contributed by atoms with E-state index in [9.17, 15) is 22.4 Å². The summed E-state index contributed by atoms with van der Waals surface area (Å²) < 4.78 is 51.0. The quantitative estimate of drug-likeness (QED) is 0.564. The summed E-state index contributed by atoms with van der Waals surface area (Å²) in [6, 6.07) is 2.61. The normalized spacial score (nSPS) is 20.8. The minimum absolute atomic E-state index is 0.0721. The summed E-state index contributed by atoms with van der Waals surface area (Å²) in [4.78, 5) is 12.7. The van der Waals surface area contributed by atoms with Gasteiger partial charge in [0.15, 0.2) is 0 Å². The summed E-state index contributed by atoms with van der Waals surface area (Å²) >= 11 is 3.18. The Bertz CT molecular complexity index is 503. The first-order valence-electron chi connectivity index (χ1n) is 5.63. The van der Waals surface area contributed by atoms with Gasteiger partial charge in [0.05, 0.1) is 10.4 Å². The number of alkyl halides is 4. The van der Waals surface area contributed by atoms with Crippen LogP contribution in [0.1, 0.15) is 18.4 Å². The van der Waals surface area contributed by atoms with Crippen LogP contribution in [0.15, 0.2) is 18.2 Å². The van der Waals surface area contributed by atoms with Crippen LogP contribution in [0, 0.1) is 5.82 Å². The third-order valence-electron chi connectivity index (χ3n) is 2.94. The summed E-state index contributed by atoms with van der Waals surface area (Å²) in [5.41, 5.74) is -1.28. The predicted molar refractivity (Wildman–Crippen MR) is 65.7 cm³/mol. The van der Waals surface area contributed by atoms with Gasteiger partial charge in [0, 0.05) is 12.2 Å². The van der Waals surface area contributed by atoms with E-state index in [-0.39, 0.29) is 11.6 Å². The fourth-order valence-corrected chi connectivity index (χ4v) is 2.56. The lowest BCUT2D eigenvalue weighted by Gasteiger charge is -2.30. The lowest BCUT2D eigenvalue weighted by molar-refractivity contribution is -0.140. The Balaban J connectivity index is 2.38. The van der Waals surface area contributed by atoms with E-state index in [1.165, 1.54) is 11.0 Å². The Kier molecular flexibility index (Phi) is 3.85. The van der Waals surface area contributed by atoms with Crippen molar-refractivity contribution in [3.05, 3.63) is 29.6 Å². The molecule has 1 fully saturated rings. The highest BCUT2D eigenvalue weighted by Crippen LogP contribution is 2.35. The van der Waals surface area contributed by atoms with E-state index in [0.29, 0.717) is 25.5 Å². The first-order chi connectivity index (χ1) is 8.80. The molecule has 0 aliphatic carbocycles. The number of amides is 1. The van der Waals surface area contributed by atoms with Gasteiger partial charge >= 0.3 is 6.18 Å². The van der Waals surface area contributed by atoms with Gasteiger partial charge < -0.3 is 4.90 Å². The summed E-state index contributed by atoms with van der Waals surface area (Å²) in [6.45, 7) is 0.337. The van der Waals surface area contributed by atoms with Gasteiger partial charge in [-0.05, 0) is 31.0 Å². The van der Waals surface area contributed by atoms with Crippen LogP contribution in [0.5, 0.6) is 0 Å². The molecule has 1 aromatic carbocycles. The van der Waals surface area contributed by atoms with Crippen LogP contribution in [0.2, 0.25) is 0 Å². The monoisotopic (exact) mass is 339 g/mol. The zero-order valence-corrected chi connectivity index (χ0v) is 11.3. The van der Waals surface area contributed by atoms with E-state index >= 15 is 0 Å². The molecule has 1 aliphatic heterocycles. The molecule has 0 radical (unpaired) electrons. The highest BCUT2D eigenvalue weighted by molar-refractivity contribution is 9.10. The minimum Gasteiger partial charge on any atom is -0.311 e. The molecule has 1 heterocycles. The summed E-state index contributed by atoms with van der Waals surface area (Å²) in [7, 11) is 0. The fourth-order valence-electron chi connectivity index (χ4n) is 1.99. The van der Waals surface area contributed by atoms with Gasteiger partial charge in [-0.3, -0.25) is 4.79 Å². The summed E-state index contributed by atoms with van der Waals surface area (Å²) in [5.74, 6) is -1.64. The number of rotatable bonds is 1. The Labute approximate surface area is 115 Å². The summed E-state index contributed by atoms with van der Waals surface area (Å²) in [6.07, 6.45) is -3.45. The van der Waals surface area contributed by atoms with Crippen molar-refractivity contribution in [3.63, 3.8) is 0 Å². The van der Waals surface area contributed by atoms with Crippen LogP contribution >= 0.6 is 15.9 Å². The van der Waals surface area contributed by atoms with Crippen LogP contribution in [0.4, 0.5) is 23.2 Å². The molecule has 1 unspecified atom stereocenters. The number of halogens is 5. The largest absolute Gasteiger partial charge is 0.419 e. The molecule has 7 heteroatoms. The lowest BCUT2D eigenvalue weighted by atomic mass is 10.1. The maximum absolute atomic E-state index is 13.2. The smallest absolute Gasteiger partial charge is 0.311 e. The molecule has 1 aliphatic rings. The van der Waals surface area contributed by atoms with Crippen molar-refractivity contribution in [2.45, 2.75) is 23.8 Å². The Hall–Kier alpha value is -1.11. The second-order valence-corrected chi connectivity index (χ2v) is 5.37. The molecule has 19 heavy (non-hydrogen) atoms. The molecule has 0 spiro atoms. The minimum atomic E-state index is -4.77. The van der Waals surface area contributed by atoms with E-state index in [2.05, 4.69) is 15.9 Å². The van der Waals surface area contributed by atoms with E-state index in [1.54, 1.807) is 0 Å². The van der Waals surface area contributed by atoms with Crippen LogP contribution in [0.3, 0.4) is 0 Å². The molecular weight excluding hydrogens is 330 g/mol. The van der Waals surface area contributed by atoms with Gasteiger partial charge in [-0.1, -0.05) is 15.9 Å². The van der Waals surface area contributed by atoms with Crippen molar-refractivity contribution >= 4 is 27.5 Å². The third kappa shape index (κ3) is 2.91. The zero-order valence-electron chi connectivity index (χ0n) is 9.68.